The Morgan fingerprint density at radius 1 is 1.11 bits per heavy atom. The van der Waals surface area contributed by atoms with Crippen molar-refractivity contribution in [1.29, 1.82) is 0 Å². The molecule has 0 radical (unpaired) electrons. The first-order valence-electron chi connectivity index (χ1n) is 11.3. The summed E-state index contributed by atoms with van der Waals surface area (Å²) in [5.74, 6) is 1.33. The second-order valence-electron chi connectivity index (χ2n) is 8.38. The lowest BCUT2D eigenvalue weighted by molar-refractivity contribution is 0.210. The molecule has 0 fully saturated rings. The van der Waals surface area contributed by atoms with Crippen LogP contribution in [0.5, 0.6) is 0 Å². The number of aromatic nitrogens is 3. The summed E-state index contributed by atoms with van der Waals surface area (Å²) < 4.78 is 1.56. The van der Waals surface area contributed by atoms with Crippen molar-refractivity contribution in [3.05, 3.63) is 93.8 Å². The van der Waals surface area contributed by atoms with E-state index in [2.05, 4.69) is 10.7 Å². The summed E-state index contributed by atoms with van der Waals surface area (Å²) in [5.41, 5.74) is 7.84. The van der Waals surface area contributed by atoms with Crippen LogP contribution in [-0.2, 0) is 13.6 Å². The molecule has 35 heavy (non-hydrogen) atoms. The van der Waals surface area contributed by atoms with Crippen LogP contribution < -0.4 is 16.3 Å². The van der Waals surface area contributed by atoms with Crippen LogP contribution in [0.15, 0.2) is 71.8 Å². The van der Waals surface area contributed by atoms with Crippen LogP contribution in [0.3, 0.4) is 0 Å². The SMILES string of the molecule is Cn1cc(-c2ccc3nc(C4=CN(CCO)NC4)nc(NCc4cccc(Cl)c4)c3c2)ccc1=O. The van der Waals surface area contributed by atoms with Gasteiger partial charge in [0.2, 0.25) is 5.56 Å². The van der Waals surface area contributed by atoms with Crippen molar-refractivity contribution >= 4 is 33.9 Å². The number of nitrogens with one attached hydrogen (secondary N) is 2. The summed E-state index contributed by atoms with van der Waals surface area (Å²) in [6.07, 6.45) is 3.75. The smallest absolute Gasteiger partial charge is 0.250 e. The van der Waals surface area contributed by atoms with E-state index in [-0.39, 0.29) is 12.2 Å². The molecule has 8 nitrogen and oxygen atoms in total. The highest BCUT2D eigenvalue weighted by atomic mass is 35.5. The third-order valence-electron chi connectivity index (χ3n) is 5.88. The number of aryl methyl sites for hydroxylation is 1. The molecular formula is C26H25ClN6O2. The molecule has 2 aromatic carbocycles. The molecule has 9 heteroatoms. The van der Waals surface area contributed by atoms with Crippen molar-refractivity contribution < 1.29 is 5.11 Å². The van der Waals surface area contributed by atoms with Crippen molar-refractivity contribution in [1.82, 2.24) is 25.0 Å². The molecule has 0 amide bonds. The Balaban J connectivity index is 1.57. The molecule has 3 heterocycles. The Hall–Kier alpha value is -3.72. The van der Waals surface area contributed by atoms with E-state index in [9.17, 15) is 9.90 Å². The zero-order valence-corrected chi connectivity index (χ0v) is 20.0. The lowest BCUT2D eigenvalue weighted by Gasteiger charge is -2.13. The first-order valence-corrected chi connectivity index (χ1v) is 11.7. The van der Waals surface area contributed by atoms with Gasteiger partial charge in [-0.05, 0) is 47.0 Å². The molecule has 0 bridgehead atoms. The number of hydrazine groups is 1. The van der Waals surface area contributed by atoms with Crippen LogP contribution in [-0.4, -0.2) is 44.3 Å². The molecule has 0 aliphatic carbocycles. The van der Waals surface area contributed by atoms with Gasteiger partial charge in [-0.15, -0.1) is 0 Å². The standard InChI is InChI=1S/C26H25ClN6O2/c1-32-15-19(6-8-24(32)35)18-5-7-23-22(12-18)26(28-13-17-3-2-4-21(27)11-17)31-25(30-23)20-14-29-33(16-20)9-10-34/h2-8,11-12,15-16,29,34H,9-10,13-14H2,1H3,(H,28,30,31). The van der Waals surface area contributed by atoms with Crippen LogP contribution in [0.25, 0.3) is 27.6 Å². The summed E-state index contributed by atoms with van der Waals surface area (Å²) in [6, 6.07) is 17.1. The molecule has 178 valence electrons. The Bertz CT molecular complexity index is 1480. The van der Waals surface area contributed by atoms with Gasteiger partial charge in [0.25, 0.3) is 0 Å². The van der Waals surface area contributed by atoms with E-state index in [1.807, 2.05) is 65.9 Å². The average Bonchev–Trinajstić information content (AvgIpc) is 3.33. The predicted molar refractivity (Wildman–Crippen MR) is 139 cm³/mol. The van der Waals surface area contributed by atoms with Crippen molar-refractivity contribution in [2.24, 2.45) is 7.05 Å². The summed E-state index contributed by atoms with van der Waals surface area (Å²) in [7, 11) is 1.74. The Morgan fingerprint density at radius 3 is 2.77 bits per heavy atom. The lowest BCUT2D eigenvalue weighted by Crippen LogP contribution is -2.31. The van der Waals surface area contributed by atoms with E-state index < -0.39 is 0 Å². The fraction of sp³-hybridized carbons (Fsp3) is 0.192. The van der Waals surface area contributed by atoms with Gasteiger partial charge in [-0.25, -0.2) is 15.4 Å². The molecule has 0 saturated heterocycles. The third kappa shape index (κ3) is 5.05. The number of rotatable bonds is 7. The number of pyridine rings is 1. The highest BCUT2D eigenvalue weighted by Crippen LogP contribution is 2.29. The van der Waals surface area contributed by atoms with Gasteiger partial charge in [0, 0.05) is 54.6 Å². The fourth-order valence-electron chi connectivity index (χ4n) is 4.04. The van der Waals surface area contributed by atoms with E-state index in [4.69, 9.17) is 21.6 Å². The maximum Gasteiger partial charge on any atom is 0.250 e. The Labute approximate surface area is 207 Å². The number of aliphatic hydroxyl groups is 1. The molecule has 0 saturated carbocycles. The number of β-amino-alcohol motifs (C(OH)–C–C–N with tert-alkyl or cyclic N) is 1. The molecule has 5 rings (SSSR count). The highest BCUT2D eigenvalue weighted by molar-refractivity contribution is 6.30. The van der Waals surface area contributed by atoms with Crippen molar-refractivity contribution in [3.8, 4) is 11.1 Å². The van der Waals surface area contributed by atoms with Gasteiger partial charge in [-0.3, -0.25) is 4.79 Å². The van der Waals surface area contributed by atoms with Crippen LogP contribution in [0.4, 0.5) is 5.82 Å². The number of fused-ring (bicyclic) bond motifs is 1. The first kappa shape index (κ1) is 23.0. The van der Waals surface area contributed by atoms with Crippen LogP contribution >= 0.6 is 11.6 Å². The third-order valence-corrected chi connectivity index (χ3v) is 6.11. The first-order chi connectivity index (χ1) is 17.0. The zero-order valence-electron chi connectivity index (χ0n) is 19.2. The molecule has 0 unspecified atom stereocenters. The van der Waals surface area contributed by atoms with Crippen LogP contribution in [0.1, 0.15) is 11.4 Å². The van der Waals surface area contributed by atoms with E-state index in [0.29, 0.717) is 36.3 Å². The lowest BCUT2D eigenvalue weighted by atomic mass is 10.0. The number of aliphatic hydroxyl groups excluding tert-OH is 1. The van der Waals surface area contributed by atoms with E-state index in [1.165, 1.54) is 0 Å². The van der Waals surface area contributed by atoms with Gasteiger partial charge in [0.15, 0.2) is 5.82 Å². The van der Waals surface area contributed by atoms with Gasteiger partial charge in [-0.1, -0.05) is 29.8 Å². The monoisotopic (exact) mass is 488 g/mol. The minimum Gasteiger partial charge on any atom is -0.394 e. The maximum absolute atomic E-state index is 11.8. The molecule has 3 N–H and O–H groups in total. The Kier molecular flexibility index (Phi) is 6.50. The quantitative estimate of drug-likeness (QED) is 0.367. The number of benzene rings is 2. The van der Waals surface area contributed by atoms with E-state index in [1.54, 1.807) is 17.7 Å². The summed E-state index contributed by atoms with van der Waals surface area (Å²) in [6.45, 7) is 1.66. The number of halogens is 1. The van der Waals surface area contributed by atoms with Crippen molar-refractivity contribution in [3.63, 3.8) is 0 Å². The van der Waals surface area contributed by atoms with Crippen molar-refractivity contribution in [2.45, 2.75) is 6.54 Å². The molecule has 1 aliphatic heterocycles. The van der Waals surface area contributed by atoms with Gasteiger partial charge >= 0.3 is 0 Å². The molecular weight excluding hydrogens is 464 g/mol. The highest BCUT2D eigenvalue weighted by Gasteiger charge is 2.18. The summed E-state index contributed by atoms with van der Waals surface area (Å²) >= 11 is 6.17. The van der Waals surface area contributed by atoms with Gasteiger partial charge < -0.3 is 20.0 Å². The number of hydrogen-bond donors (Lipinski definition) is 3. The Morgan fingerprint density at radius 2 is 1.97 bits per heavy atom. The average molecular weight is 489 g/mol. The summed E-state index contributed by atoms with van der Waals surface area (Å²) in [4.78, 5) is 21.5. The topological polar surface area (TPSA) is 95.3 Å². The molecule has 0 spiro atoms. The summed E-state index contributed by atoms with van der Waals surface area (Å²) in [5, 5.41) is 16.1. The zero-order chi connectivity index (χ0) is 24.4. The second-order valence-corrected chi connectivity index (χ2v) is 8.82. The van der Waals surface area contributed by atoms with Gasteiger partial charge in [0.1, 0.15) is 5.82 Å². The van der Waals surface area contributed by atoms with Gasteiger partial charge in [0.05, 0.1) is 18.7 Å². The maximum atomic E-state index is 11.8. The van der Waals surface area contributed by atoms with Crippen LogP contribution in [0.2, 0.25) is 5.02 Å². The van der Waals surface area contributed by atoms with E-state index >= 15 is 0 Å². The second kappa shape index (κ2) is 9.87. The molecule has 1 aliphatic rings. The van der Waals surface area contributed by atoms with Gasteiger partial charge in [-0.2, -0.15) is 0 Å². The predicted octanol–water partition coefficient (Wildman–Crippen LogP) is 3.41. The molecule has 4 aromatic rings. The minimum absolute atomic E-state index is 0.0512. The largest absolute Gasteiger partial charge is 0.394 e. The van der Waals surface area contributed by atoms with E-state index in [0.717, 1.165) is 33.2 Å². The van der Waals surface area contributed by atoms with Crippen molar-refractivity contribution in [2.75, 3.05) is 25.0 Å². The molecule has 2 aromatic heterocycles. The number of anilines is 1. The molecule has 0 atom stereocenters. The number of nitrogens with zero attached hydrogens (tertiary/aromatic N) is 4. The fourth-order valence-corrected chi connectivity index (χ4v) is 4.25. The normalized spacial score (nSPS) is 13.3. The number of hydrogen-bond acceptors (Lipinski definition) is 7. The van der Waals surface area contributed by atoms with Crippen LogP contribution in [0, 0.1) is 0 Å². The minimum atomic E-state index is -0.0555.